The Morgan fingerprint density at radius 3 is 2.36 bits per heavy atom. The highest BCUT2D eigenvalue weighted by Gasteiger charge is 2.10. The van der Waals surface area contributed by atoms with Gasteiger partial charge in [0.05, 0.1) is 6.10 Å². The molecule has 0 saturated heterocycles. The van der Waals surface area contributed by atoms with Crippen LogP contribution < -0.4 is 0 Å². The van der Waals surface area contributed by atoms with Crippen LogP contribution in [0.5, 0.6) is 0 Å². The van der Waals surface area contributed by atoms with E-state index in [-0.39, 0.29) is 12.1 Å². The van der Waals surface area contributed by atoms with E-state index in [9.17, 15) is 4.79 Å². The first kappa shape index (κ1) is 13.2. The summed E-state index contributed by atoms with van der Waals surface area (Å²) in [6, 6.07) is 0. The van der Waals surface area contributed by atoms with Gasteiger partial charge in [0.15, 0.2) is 0 Å². The topological polar surface area (TPSA) is 26.3 Å². The molecule has 0 aliphatic heterocycles. The number of hydrogen-bond donors (Lipinski definition) is 0. The molecule has 0 spiro atoms. The van der Waals surface area contributed by atoms with Crippen LogP contribution in [0.4, 0.5) is 0 Å². The van der Waals surface area contributed by atoms with Gasteiger partial charge in [-0.25, -0.2) is 4.79 Å². The van der Waals surface area contributed by atoms with E-state index in [1.54, 1.807) is 6.92 Å². The third kappa shape index (κ3) is 5.79. The quantitative estimate of drug-likeness (QED) is 0.500. The molecule has 2 nitrogen and oxygen atoms in total. The fourth-order valence-electron chi connectivity index (χ4n) is 1.31. The third-order valence-electron chi connectivity index (χ3n) is 1.91. The van der Waals surface area contributed by atoms with E-state index in [1.807, 2.05) is 26.8 Å². The Morgan fingerprint density at radius 1 is 1.36 bits per heavy atom. The zero-order valence-corrected chi connectivity index (χ0v) is 9.96. The van der Waals surface area contributed by atoms with Crippen LogP contribution in [0.1, 0.15) is 47.5 Å². The molecule has 0 aromatic rings. The number of carbonyl (C=O) groups excluding carboxylic acids is 1. The van der Waals surface area contributed by atoms with Gasteiger partial charge in [-0.15, -0.1) is 0 Å². The van der Waals surface area contributed by atoms with Crippen LogP contribution in [0.15, 0.2) is 11.6 Å². The second kappa shape index (κ2) is 6.63. The summed E-state index contributed by atoms with van der Waals surface area (Å²) in [7, 11) is 0. The maximum atomic E-state index is 11.5. The normalized spacial score (nSPS) is 14.3. The standard InChI is InChI=1S/C12H22O2/c1-6-7-11(5)14-12(13)10(4)8-9(2)3/h8-9,11H,6-7H2,1-5H3/b10-8+/t11-/m0/s1. The maximum Gasteiger partial charge on any atom is 0.333 e. The van der Waals surface area contributed by atoms with Gasteiger partial charge in [0.25, 0.3) is 0 Å². The lowest BCUT2D eigenvalue weighted by molar-refractivity contribution is -0.143. The zero-order chi connectivity index (χ0) is 11.1. The Morgan fingerprint density at radius 2 is 1.93 bits per heavy atom. The van der Waals surface area contributed by atoms with Gasteiger partial charge in [0.2, 0.25) is 0 Å². The van der Waals surface area contributed by atoms with Crippen molar-refractivity contribution in [2.45, 2.75) is 53.6 Å². The number of ether oxygens (including phenoxy) is 1. The lowest BCUT2D eigenvalue weighted by Crippen LogP contribution is -2.15. The summed E-state index contributed by atoms with van der Waals surface area (Å²) in [6.07, 6.45) is 3.94. The van der Waals surface area contributed by atoms with Gasteiger partial charge in [0, 0.05) is 5.57 Å². The predicted molar refractivity (Wildman–Crippen MR) is 59.1 cm³/mol. The first-order valence-corrected chi connectivity index (χ1v) is 5.36. The number of rotatable bonds is 5. The molecule has 0 saturated carbocycles. The molecule has 0 aromatic carbocycles. The first-order chi connectivity index (χ1) is 6.47. The molecular formula is C12H22O2. The van der Waals surface area contributed by atoms with Crippen LogP contribution >= 0.6 is 0 Å². The molecule has 0 N–H and O–H groups in total. The molecule has 0 amide bonds. The Balaban J connectivity index is 4.07. The molecule has 0 rings (SSSR count). The highest BCUT2D eigenvalue weighted by atomic mass is 16.5. The Kier molecular flexibility index (Phi) is 6.26. The van der Waals surface area contributed by atoms with Crippen molar-refractivity contribution in [3.8, 4) is 0 Å². The van der Waals surface area contributed by atoms with Crippen LogP contribution in [0.2, 0.25) is 0 Å². The van der Waals surface area contributed by atoms with Gasteiger partial charge in [0.1, 0.15) is 0 Å². The molecule has 1 atom stereocenters. The van der Waals surface area contributed by atoms with Gasteiger partial charge in [-0.3, -0.25) is 0 Å². The summed E-state index contributed by atoms with van der Waals surface area (Å²) in [4.78, 5) is 11.5. The van der Waals surface area contributed by atoms with Crippen molar-refractivity contribution in [2.24, 2.45) is 5.92 Å². The summed E-state index contributed by atoms with van der Waals surface area (Å²) in [6.45, 7) is 9.92. The SMILES string of the molecule is CCC[C@H](C)OC(=O)/C(C)=C/C(C)C. The van der Waals surface area contributed by atoms with E-state index >= 15 is 0 Å². The third-order valence-corrected chi connectivity index (χ3v) is 1.91. The zero-order valence-electron chi connectivity index (χ0n) is 9.96. The first-order valence-electron chi connectivity index (χ1n) is 5.36. The van der Waals surface area contributed by atoms with Gasteiger partial charge < -0.3 is 4.74 Å². The minimum absolute atomic E-state index is 0.0306. The molecule has 0 aliphatic carbocycles. The minimum atomic E-state index is -0.181. The second-order valence-electron chi connectivity index (χ2n) is 4.10. The van der Waals surface area contributed by atoms with Crippen molar-refractivity contribution >= 4 is 5.97 Å². The van der Waals surface area contributed by atoms with E-state index in [1.165, 1.54) is 0 Å². The van der Waals surface area contributed by atoms with Crippen LogP contribution in [0, 0.1) is 5.92 Å². The highest BCUT2D eigenvalue weighted by molar-refractivity contribution is 5.87. The second-order valence-corrected chi connectivity index (χ2v) is 4.10. The van der Waals surface area contributed by atoms with Gasteiger partial charge in [-0.1, -0.05) is 33.3 Å². The summed E-state index contributed by atoms with van der Waals surface area (Å²) >= 11 is 0. The van der Waals surface area contributed by atoms with Crippen LogP contribution in [0.3, 0.4) is 0 Å². The lowest BCUT2D eigenvalue weighted by atomic mass is 10.1. The average Bonchev–Trinajstić information content (AvgIpc) is 2.02. The van der Waals surface area contributed by atoms with Crippen molar-refractivity contribution in [2.75, 3.05) is 0 Å². The van der Waals surface area contributed by atoms with Gasteiger partial charge in [-0.05, 0) is 26.2 Å². The lowest BCUT2D eigenvalue weighted by Gasteiger charge is -2.12. The van der Waals surface area contributed by atoms with Crippen molar-refractivity contribution in [1.82, 2.24) is 0 Å². The fourth-order valence-corrected chi connectivity index (χ4v) is 1.31. The molecule has 0 heterocycles. The number of carbonyl (C=O) groups is 1. The monoisotopic (exact) mass is 198 g/mol. The molecule has 0 unspecified atom stereocenters. The molecule has 0 radical (unpaired) electrons. The summed E-state index contributed by atoms with van der Waals surface area (Å²) in [5.74, 6) is 0.212. The molecule has 2 heteroatoms. The van der Waals surface area contributed by atoms with Crippen molar-refractivity contribution in [3.63, 3.8) is 0 Å². The molecule has 0 bridgehead atoms. The summed E-state index contributed by atoms with van der Waals surface area (Å²) in [5, 5.41) is 0. The Labute approximate surface area is 87.3 Å². The molecule has 14 heavy (non-hydrogen) atoms. The van der Waals surface area contributed by atoms with E-state index in [4.69, 9.17) is 4.74 Å². The Bertz CT molecular complexity index is 204. The fraction of sp³-hybridized carbons (Fsp3) is 0.750. The minimum Gasteiger partial charge on any atom is -0.459 e. The van der Waals surface area contributed by atoms with E-state index < -0.39 is 0 Å². The molecule has 82 valence electrons. The number of hydrogen-bond acceptors (Lipinski definition) is 2. The molecule has 0 aliphatic rings. The Hall–Kier alpha value is -0.790. The number of esters is 1. The smallest absolute Gasteiger partial charge is 0.333 e. The molecule has 0 fully saturated rings. The molecule has 0 aromatic heterocycles. The summed E-state index contributed by atoms with van der Waals surface area (Å²) in [5.41, 5.74) is 0.711. The summed E-state index contributed by atoms with van der Waals surface area (Å²) < 4.78 is 5.25. The van der Waals surface area contributed by atoms with Crippen LogP contribution in [0.25, 0.3) is 0 Å². The van der Waals surface area contributed by atoms with Crippen molar-refractivity contribution in [1.29, 1.82) is 0 Å². The van der Waals surface area contributed by atoms with Crippen LogP contribution in [-0.2, 0) is 9.53 Å². The van der Waals surface area contributed by atoms with Crippen molar-refractivity contribution in [3.05, 3.63) is 11.6 Å². The van der Waals surface area contributed by atoms with E-state index in [0.29, 0.717) is 11.5 Å². The van der Waals surface area contributed by atoms with Gasteiger partial charge in [-0.2, -0.15) is 0 Å². The largest absolute Gasteiger partial charge is 0.459 e. The number of allylic oxidation sites excluding steroid dienone is 1. The van der Waals surface area contributed by atoms with E-state index in [0.717, 1.165) is 12.8 Å². The molecular weight excluding hydrogens is 176 g/mol. The van der Waals surface area contributed by atoms with E-state index in [2.05, 4.69) is 6.92 Å². The highest BCUT2D eigenvalue weighted by Crippen LogP contribution is 2.08. The maximum absolute atomic E-state index is 11.5. The van der Waals surface area contributed by atoms with Gasteiger partial charge >= 0.3 is 5.97 Å². The predicted octanol–water partition coefficient (Wildman–Crippen LogP) is 3.32. The van der Waals surface area contributed by atoms with Crippen molar-refractivity contribution < 1.29 is 9.53 Å². The average molecular weight is 198 g/mol. The van der Waals surface area contributed by atoms with Crippen LogP contribution in [-0.4, -0.2) is 12.1 Å².